The smallest absolute Gasteiger partial charge is 0.262 e. The van der Waals surface area contributed by atoms with Gasteiger partial charge in [0, 0.05) is 32.7 Å². The molecule has 0 saturated carbocycles. The molecule has 1 atom stereocenters. The number of hydrogen-bond donors (Lipinski definition) is 1. The number of nitrogens with one attached hydrogen (secondary N) is 1. The molecule has 1 amide bonds. The Hall–Kier alpha value is -2.68. The zero-order chi connectivity index (χ0) is 23.0. The SMILES string of the molecule is CCCn1c(SCC(=O)NCC2CN(Cc3ccccc3)CCO2)nc2ccccc2c1=O. The number of carbonyl (C=O) groups excluding carboxylic acids is 1. The van der Waals surface area contributed by atoms with Gasteiger partial charge in [0.1, 0.15) is 0 Å². The number of morpholine rings is 1. The molecule has 0 aliphatic carbocycles. The van der Waals surface area contributed by atoms with Gasteiger partial charge in [-0.25, -0.2) is 4.98 Å². The fraction of sp³-hybridized carbons (Fsp3) is 0.400. The van der Waals surface area contributed by atoms with Crippen molar-refractivity contribution in [1.29, 1.82) is 0 Å². The topological polar surface area (TPSA) is 76.5 Å². The van der Waals surface area contributed by atoms with Gasteiger partial charge in [-0.2, -0.15) is 0 Å². The fourth-order valence-electron chi connectivity index (χ4n) is 3.98. The summed E-state index contributed by atoms with van der Waals surface area (Å²) in [5.41, 5.74) is 1.88. The van der Waals surface area contributed by atoms with Crippen molar-refractivity contribution in [2.24, 2.45) is 0 Å². The van der Waals surface area contributed by atoms with Crippen LogP contribution in [0.25, 0.3) is 10.9 Å². The van der Waals surface area contributed by atoms with E-state index in [2.05, 4.69) is 39.5 Å². The van der Waals surface area contributed by atoms with Crippen LogP contribution in [0.3, 0.4) is 0 Å². The van der Waals surface area contributed by atoms with Gasteiger partial charge in [0.05, 0.1) is 29.4 Å². The summed E-state index contributed by atoms with van der Waals surface area (Å²) in [5, 5.41) is 4.17. The maximum absolute atomic E-state index is 12.9. The molecular formula is C25H30N4O3S. The zero-order valence-electron chi connectivity index (χ0n) is 18.9. The maximum Gasteiger partial charge on any atom is 0.262 e. The number of benzene rings is 2. The highest BCUT2D eigenvalue weighted by Crippen LogP contribution is 2.18. The van der Waals surface area contributed by atoms with Crippen LogP contribution in [0.15, 0.2) is 64.5 Å². The summed E-state index contributed by atoms with van der Waals surface area (Å²) in [5.74, 6) is 0.115. The molecule has 8 heteroatoms. The highest BCUT2D eigenvalue weighted by Gasteiger charge is 2.21. The van der Waals surface area contributed by atoms with Crippen molar-refractivity contribution in [3.8, 4) is 0 Å². The van der Waals surface area contributed by atoms with Crippen molar-refractivity contribution < 1.29 is 9.53 Å². The number of fused-ring (bicyclic) bond motifs is 1. The number of nitrogens with zero attached hydrogens (tertiary/aromatic N) is 3. The first-order valence-corrected chi connectivity index (χ1v) is 12.4. The van der Waals surface area contributed by atoms with Crippen molar-refractivity contribution in [2.45, 2.75) is 37.7 Å². The molecule has 2 heterocycles. The molecule has 1 aromatic heterocycles. The summed E-state index contributed by atoms with van der Waals surface area (Å²) < 4.78 is 7.53. The molecule has 1 fully saturated rings. The first-order chi connectivity index (χ1) is 16.1. The molecule has 4 rings (SSSR count). The molecule has 0 spiro atoms. The second kappa shape index (κ2) is 11.4. The summed E-state index contributed by atoms with van der Waals surface area (Å²) in [6.45, 7) is 6.28. The number of para-hydroxylation sites is 1. The normalized spacial score (nSPS) is 16.7. The lowest BCUT2D eigenvalue weighted by Gasteiger charge is -2.33. The second-order valence-electron chi connectivity index (χ2n) is 8.17. The molecule has 1 aliphatic rings. The van der Waals surface area contributed by atoms with E-state index < -0.39 is 0 Å². The molecule has 3 aromatic rings. The van der Waals surface area contributed by atoms with Crippen molar-refractivity contribution >= 4 is 28.6 Å². The van der Waals surface area contributed by atoms with Crippen LogP contribution >= 0.6 is 11.8 Å². The summed E-state index contributed by atoms with van der Waals surface area (Å²) in [4.78, 5) is 32.4. The summed E-state index contributed by atoms with van der Waals surface area (Å²) >= 11 is 1.30. The molecule has 1 unspecified atom stereocenters. The van der Waals surface area contributed by atoms with E-state index >= 15 is 0 Å². The minimum Gasteiger partial charge on any atom is -0.374 e. The van der Waals surface area contributed by atoms with Crippen LogP contribution in [0.5, 0.6) is 0 Å². The summed E-state index contributed by atoms with van der Waals surface area (Å²) in [6.07, 6.45) is 0.784. The number of hydrogen-bond acceptors (Lipinski definition) is 6. The van der Waals surface area contributed by atoms with Crippen LogP contribution in [0, 0.1) is 0 Å². The number of carbonyl (C=O) groups is 1. The third kappa shape index (κ3) is 6.22. The van der Waals surface area contributed by atoms with Crippen molar-refractivity contribution in [2.75, 3.05) is 32.0 Å². The minimum atomic E-state index is -0.0887. The van der Waals surface area contributed by atoms with E-state index in [9.17, 15) is 9.59 Å². The molecular weight excluding hydrogens is 436 g/mol. The van der Waals surface area contributed by atoms with Crippen molar-refractivity contribution in [3.05, 3.63) is 70.5 Å². The Bertz CT molecular complexity index is 1140. The average Bonchev–Trinajstić information content (AvgIpc) is 2.84. The lowest BCUT2D eigenvalue weighted by Crippen LogP contribution is -2.47. The maximum atomic E-state index is 12.9. The highest BCUT2D eigenvalue weighted by molar-refractivity contribution is 7.99. The van der Waals surface area contributed by atoms with Gasteiger partial charge in [-0.3, -0.25) is 19.1 Å². The monoisotopic (exact) mass is 466 g/mol. The first kappa shape index (κ1) is 23.5. The number of thioether (sulfide) groups is 1. The zero-order valence-corrected chi connectivity index (χ0v) is 19.7. The van der Waals surface area contributed by atoms with Gasteiger partial charge >= 0.3 is 0 Å². The molecule has 0 bridgehead atoms. The Kier molecular flexibility index (Phi) is 8.15. The van der Waals surface area contributed by atoms with Crippen LogP contribution in [-0.4, -0.2) is 58.5 Å². The Balaban J connectivity index is 1.31. The average molecular weight is 467 g/mol. The van der Waals surface area contributed by atoms with Crippen LogP contribution in [0.1, 0.15) is 18.9 Å². The Morgan fingerprint density at radius 1 is 1.18 bits per heavy atom. The highest BCUT2D eigenvalue weighted by atomic mass is 32.2. The molecule has 33 heavy (non-hydrogen) atoms. The quantitative estimate of drug-likeness (QED) is 0.386. The molecule has 2 aromatic carbocycles. The van der Waals surface area contributed by atoms with Gasteiger partial charge in [0.25, 0.3) is 5.56 Å². The lowest BCUT2D eigenvalue weighted by molar-refractivity contribution is -0.119. The minimum absolute atomic E-state index is 0.0338. The number of rotatable bonds is 9. The molecule has 1 saturated heterocycles. The van der Waals surface area contributed by atoms with Crippen LogP contribution in [0.2, 0.25) is 0 Å². The van der Waals surface area contributed by atoms with Gasteiger partial charge in [-0.15, -0.1) is 0 Å². The van der Waals surface area contributed by atoms with Gasteiger partial charge in [0.15, 0.2) is 5.16 Å². The fourth-order valence-corrected chi connectivity index (χ4v) is 4.83. The molecule has 1 aliphatic heterocycles. The Morgan fingerprint density at radius 3 is 2.79 bits per heavy atom. The van der Waals surface area contributed by atoms with Gasteiger partial charge in [-0.1, -0.05) is 61.2 Å². The largest absolute Gasteiger partial charge is 0.374 e. The number of aromatic nitrogens is 2. The van der Waals surface area contributed by atoms with E-state index in [1.54, 1.807) is 10.6 Å². The first-order valence-electron chi connectivity index (χ1n) is 11.4. The van der Waals surface area contributed by atoms with E-state index in [1.165, 1.54) is 17.3 Å². The van der Waals surface area contributed by atoms with Gasteiger partial charge < -0.3 is 10.1 Å². The van der Waals surface area contributed by atoms with E-state index in [4.69, 9.17) is 4.74 Å². The predicted molar refractivity (Wildman–Crippen MR) is 131 cm³/mol. The van der Waals surface area contributed by atoms with E-state index in [1.807, 2.05) is 31.2 Å². The van der Waals surface area contributed by atoms with E-state index in [0.717, 1.165) is 26.1 Å². The third-order valence-electron chi connectivity index (χ3n) is 5.60. The third-order valence-corrected chi connectivity index (χ3v) is 6.58. The second-order valence-corrected chi connectivity index (χ2v) is 9.12. The van der Waals surface area contributed by atoms with Gasteiger partial charge in [-0.05, 0) is 24.1 Å². The van der Waals surface area contributed by atoms with Crippen LogP contribution in [-0.2, 0) is 22.6 Å². The summed E-state index contributed by atoms with van der Waals surface area (Å²) in [6, 6.07) is 17.7. The molecule has 0 radical (unpaired) electrons. The lowest BCUT2D eigenvalue weighted by atomic mass is 10.2. The molecule has 174 valence electrons. The van der Waals surface area contributed by atoms with Crippen molar-refractivity contribution in [1.82, 2.24) is 19.8 Å². The van der Waals surface area contributed by atoms with Crippen LogP contribution < -0.4 is 10.9 Å². The molecule has 7 nitrogen and oxygen atoms in total. The summed E-state index contributed by atoms with van der Waals surface area (Å²) in [7, 11) is 0. The Morgan fingerprint density at radius 2 is 1.97 bits per heavy atom. The Labute approximate surface area is 198 Å². The number of ether oxygens (including phenoxy) is 1. The number of amides is 1. The molecule has 1 N–H and O–H groups in total. The van der Waals surface area contributed by atoms with E-state index in [0.29, 0.717) is 35.8 Å². The van der Waals surface area contributed by atoms with Gasteiger partial charge in [0.2, 0.25) is 5.91 Å². The standard InChI is InChI=1S/C25H30N4O3S/c1-2-12-29-24(31)21-10-6-7-11-22(21)27-25(29)33-18-23(30)26-15-20-17-28(13-14-32-20)16-19-8-4-3-5-9-19/h3-11,20H,2,12-18H2,1H3,(H,26,30). The van der Waals surface area contributed by atoms with Crippen molar-refractivity contribution in [3.63, 3.8) is 0 Å². The van der Waals surface area contributed by atoms with E-state index in [-0.39, 0.29) is 23.3 Å². The van der Waals surface area contributed by atoms with Crippen LogP contribution in [0.4, 0.5) is 0 Å². The predicted octanol–water partition coefficient (Wildman–Crippen LogP) is 2.92.